The van der Waals surface area contributed by atoms with Gasteiger partial charge in [0.1, 0.15) is 11.4 Å². The monoisotopic (exact) mass is 260 g/mol. The molecule has 0 spiro atoms. The van der Waals surface area contributed by atoms with Crippen molar-refractivity contribution in [3.63, 3.8) is 0 Å². The second-order valence-corrected chi connectivity index (χ2v) is 3.13. The van der Waals surface area contributed by atoms with E-state index in [0.717, 1.165) is 12.1 Å². The van der Waals surface area contributed by atoms with E-state index in [-0.39, 0.29) is 6.61 Å². The summed E-state index contributed by atoms with van der Waals surface area (Å²) in [4.78, 5) is 10.9. The summed E-state index contributed by atoms with van der Waals surface area (Å²) in [5.74, 6) is 1.43. The van der Waals surface area contributed by atoms with Crippen LogP contribution < -0.4 is 0 Å². The molecule has 0 saturated heterocycles. The van der Waals surface area contributed by atoms with Crippen molar-refractivity contribution in [2.45, 2.75) is 13.1 Å². The maximum absolute atomic E-state index is 13.1. The fourth-order valence-electron chi connectivity index (χ4n) is 1.20. The first-order chi connectivity index (χ1) is 8.36. The molecule has 0 aliphatic rings. The smallest absolute Gasteiger partial charge is 0.420 e. The molecule has 0 radical (unpaired) electrons. The number of carbonyl (C=O) groups is 1. The van der Waals surface area contributed by atoms with Crippen LogP contribution in [0.25, 0.3) is 0 Å². The van der Waals surface area contributed by atoms with E-state index in [9.17, 15) is 22.4 Å². The molecule has 0 aromatic heterocycles. The maximum atomic E-state index is 13.1. The molecule has 0 saturated carbocycles. The van der Waals surface area contributed by atoms with Crippen LogP contribution in [-0.2, 0) is 15.7 Å². The Morgan fingerprint density at radius 3 is 2.61 bits per heavy atom. The molecule has 0 fully saturated rings. The molecular formula is C12H8F4O2. The quantitative estimate of drug-likeness (QED) is 0.441. The number of alkyl halides is 3. The topological polar surface area (TPSA) is 26.3 Å². The van der Waals surface area contributed by atoms with Crippen LogP contribution in [0.3, 0.4) is 0 Å². The number of ether oxygens (including phenoxy) is 1. The number of rotatable bonds is 1. The molecule has 0 N–H and O–H groups in total. The molecule has 2 nitrogen and oxygen atoms in total. The van der Waals surface area contributed by atoms with Gasteiger partial charge in [-0.15, -0.1) is 0 Å². The Bertz CT molecular complexity index is 509. The number of hydrogen-bond donors (Lipinski definition) is 0. The number of halogens is 4. The van der Waals surface area contributed by atoms with Crippen LogP contribution in [0.2, 0.25) is 0 Å². The first-order valence-electron chi connectivity index (χ1n) is 4.90. The molecule has 0 bridgehead atoms. The lowest BCUT2D eigenvalue weighted by molar-refractivity contribution is -0.140. The van der Waals surface area contributed by atoms with Crippen molar-refractivity contribution in [1.29, 1.82) is 0 Å². The summed E-state index contributed by atoms with van der Waals surface area (Å²) in [6.07, 6.45) is -4.87. The first kappa shape index (κ1) is 14.0. The highest BCUT2D eigenvalue weighted by molar-refractivity contribution is 5.89. The van der Waals surface area contributed by atoms with Crippen LogP contribution in [-0.4, -0.2) is 12.6 Å². The van der Waals surface area contributed by atoms with E-state index >= 15 is 0 Å². The highest BCUT2D eigenvalue weighted by Crippen LogP contribution is 2.33. The molecule has 1 aromatic carbocycles. The average molecular weight is 260 g/mol. The van der Waals surface area contributed by atoms with Crippen LogP contribution in [0.5, 0.6) is 0 Å². The van der Waals surface area contributed by atoms with Crippen LogP contribution in [0.4, 0.5) is 17.6 Å². The fourth-order valence-corrected chi connectivity index (χ4v) is 1.20. The third kappa shape index (κ3) is 3.48. The molecule has 0 heterocycles. The van der Waals surface area contributed by atoms with E-state index in [0.29, 0.717) is 6.07 Å². The molecule has 0 aliphatic heterocycles. The van der Waals surface area contributed by atoms with E-state index in [1.165, 1.54) is 6.92 Å². The number of benzene rings is 1. The zero-order valence-corrected chi connectivity index (χ0v) is 9.27. The van der Waals surface area contributed by atoms with E-state index in [1.54, 1.807) is 0 Å². The van der Waals surface area contributed by atoms with Crippen LogP contribution in [0, 0.1) is 17.7 Å². The summed E-state index contributed by atoms with van der Waals surface area (Å²) in [6, 6.07) is 2.75. The molecule has 1 aromatic rings. The summed E-state index contributed by atoms with van der Waals surface area (Å²) in [5, 5.41) is 0. The van der Waals surface area contributed by atoms with Crippen molar-refractivity contribution in [1.82, 2.24) is 0 Å². The molecule has 6 heteroatoms. The van der Waals surface area contributed by atoms with Crippen molar-refractivity contribution in [3.05, 3.63) is 35.1 Å². The molecule has 0 aliphatic carbocycles. The van der Waals surface area contributed by atoms with Gasteiger partial charge in [0.2, 0.25) is 0 Å². The van der Waals surface area contributed by atoms with Gasteiger partial charge in [-0.05, 0) is 19.1 Å². The number of esters is 1. The van der Waals surface area contributed by atoms with Gasteiger partial charge in [0.05, 0.1) is 6.61 Å². The van der Waals surface area contributed by atoms with Gasteiger partial charge in [-0.1, -0.05) is 12.0 Å². The minimum absolute atomic E-state index is 0.0583. The van der Waals surface area contributed by atoms with E-state index in [1.807, 2.05) is 11.8 Å². The highest BCUT2D eigenvalue weighted by Gasteiger charge is 2.36. The highest BCUT2D eigenvalue weighted by atomic mass is 19.4. The SMILES string of the molecule is CCOC(=O)C#Cc1cccc(F)c1C(F)(F)F. The predicted molar refractivity (Wildman–Crippen MR) is 54.9 cm³/mol. The Hall–Kier alpha value is -2.03. The number of hydrogen-bond acceptors (Lipinski definition) is 2. The van der Waals surface area contributed by atoms with Gasteiger partial charge in [-0.25, -0.2) is 9.18 Å². The minimum atomic E-state index is -4.87. The largest absolute Gasteiger partial charge is 0.456 e. The summed E-state index contributed by atoms with van der Waals surface area (Å²) in [6.45, 7) is 1.59. The van der Waals surface area contributed by atoms with Crippen LogP contribution >= 0.6 is 0 Å². The van der Waals surface area contributed by atoms with Gasteiger partial charge in [-0.3, -0.25) is 0 Å². The summed E-state index contributed by atoms with van der Waals surface area (Å²) in [5.41, 5.74) is -2.09. The third-order valence-electron chi connectivity index (χ3n) is 1.87. The van der Waals surface area contributed by atoms with Crippen molar-refractivity contribution >= 4 is 5.97 Å². The van der Waals surface area contributed by atoms with Gasteiger partial charge in [0.15, 0.2) is 0 Å². The van der Waals surface area contributed by atoms with Crippen LogP contribution in [0.15, 0.2) is 18.2 Å². The lowest BCUT2D eigenvalue weighted by atomic mass is 10.1. The summed E-state index contributed by atoms with van der Waals surface area (Å²) < 4.78 is 55.2. The molecular weight excluding hydrogens is 252 g/mol. The van der Waals surface area contributed by atoms with Crippen molar-refractivity contribution in [2.24, 2.45) is 0 Å². The molecule has 0 amide bonds. The van der Waals surface area contributed by atoms with E-state index < -0.39 is 29.1 Å². The second-order valence-electron chi connectivity index (χ2n) is 3.13. The molecule has 0 unspecified atom stereocenters. The maximum Gasteiger partial charge on any atom is 0.420 e. The van der Waals surface area contributed by atoms with Crippen molar-refractivity contribution in [2.75, 3.05) is 6.61 Å². The molecule has 96 valence electrons. The van der Waals surface area contributed by atoms with Gasteiger partial charge in [0.25, 0.3) is 0 Å². The van der Waals surface area contributed by atoms with Gasteiger partial charge in [-0.2, -0.15) is 13.2 Å². The normalized spacial score (nSPS) is 10.5. The first-order valence-corrected chi connectivity index (χ1v) is 4.90. The predicted octanol–water partition coefficient (Wildman–Crippen LogP) is 2.76. The fraction of sp³-hybridized carbons (Fsp3) is 0.250. The van der Waals surface area contributed by atoms with Crippen LogP contribution in [0.1, 0.15) is 18.1 Å². The second kappa shape index (κ2) is 5.54. The van der Waals surface area contributed by atoms with Gasteiger partial charge < -0.3 is 4.74 Å². The Balaban J connectivity index is 3.18. The molecule has 1 rings (SSSR count). The van der Waals surface area contributed by atoms with Crippen molar-refractivity contribution < 1.29 is 27.1 Å². The average Bonchev–Trinajstić information content (AvgIpc) is 2.25. The lowest BCUT2D eigenvalue weighted by Gasteiger charge is -2.09. The Labute approximate surface area is 101 Å². The minimum Gasteiger partial charge on any atom is -0.456 e. The molecule has 18 heavy (non-hydrogen) atoms. The molecule has 0 atom stereocenters. The zero-order chi connectivity index (χ0) is 13.8. The van der Waals surface area contributed by atoms with Gasteiger partial charge in [0, 0.05) is 11.5 Å². The van der Waals surface area contributed by atoms with Gasteiger partial charge >= 0.3 is 12.1 Å². The van der Waals surface area contributed by atoms with E-state index in [4.69, 9.17) is 0 Å². The van der Waals surface area contributed by atoms with E-state index in [2.05, 4.69) is 4.74 Å². The lowest BCUT2D eigenvalue weighted by Crippen LogP contribution is -2.11. The summed E-state index contributed by atoms with van der Waals surface area (Å²) >= 11 is 0. The van der Waals surface area contributed by atoms with Crippen molar-refractivity contribution in [3.8, 4) is 11.8 Å². The summed E-state index contributed by atoms with van der Waals surface area (Å²) in [7, 11) is 0. The standard InChI is InChI=1S/C12H8F4O2/c1-2-18-10(17)7-6-8-4-3-5-9(13)11(8)12(14,15)16/h3-5H,2H2,1H3. The number of carbonyl (C=O) groups excluding carboxylic acids is 1. The third-order valence-corrected chi connectivity index (χ3v) is 1.87. The zero-order valence-electron chi connectivity index (χ0n) is 9.27. The Morgan fingerprint density at radius 1 is 1.39 bits per heavy atom. The Kier molecular flexibility index (Phi) is 4.32. The Morgan fingerprint density at radius 2 is 2.06 bits per heavy atom.